The lowest BCUT2D eigenvalue weighted by Gasteiger charge is -2.36. The maximum absolute atomic E-state index is 14.4. The van der Waals surface area contributed by atoms with Gasteiger partial charge in [-0.05, 0) is 69.0 Å². The number of pyridine rings is 1. The van der Waals surface area contributed by atoms with Gasteiger partial charge in [0.05, 0.1) is 63.7 Å². The van der Waals surface area contributed by atoms with Crippen molar-refractivity contribution in [2.24, 2.45) is 5.41 Å². The Bertz CT molecular complexity index is 2690. The summed E-state index contributed by atoms with van der Waals surface area (Å²) in [5, 5.41) is 27.7. The van der Waals surface area contributed by atoms with E-state index in [0.717, 1.165) is 5.56 Å². The Morgan fingerprint density at radius 2 is 1.77 bits per heavy atom. The third-order valence-corrected chi connectivity index (χ3v) is 13.6. The molecular formula is C54H73FN12O8. The van der Waals surface area contributed by atoms with Gasteiger partial charge in [0.25, 0.3) is 5.91 Å². The number of carbonyl (C=O) groups is 5. The molecule has 0 radical (unpaired) electrons. The number of likely N-dealkylation sites (tertiary alicyclic amines) is 1. The number of nitrogens with two attached hydrogens (primary N) is 1. The van der Waals surface area contributed by atoms with Crippen LogP contribution in [0.15, 0.2) is 60.8 Å². The molecule has 75 heavy (non-hydrogen) atoms. The molecule has 2 aliphatic rings. The second-order valence-corrected chi connectivity index (χ2v) is 20.1. The average Bonchev–Trinajstić information content (AvgIpc) is 3.98. The van der Waals surface area contributed by atoms with Gasteiger partial charge >= 0.3 is 0 Å². The fourth-order valence-corrected chi connectivity index (χ4v) is 9.15. The molecular weight excluding hydrogens is 964 g/mol. The van der Waals surface area contributed by atoms with Crippen LogP contribution in [0.25, 0.3) is 11.1 Å². The second kappa shape index (κ2) is 26.0. The molecule has 6 atom stereocenters. The number of ether oxygens (including phenoxy) is 3. The van der Waals surface area contributed by atoms with Crippen molar-refractivity contribution in [3.05, 3.63) is 94.7 Å². The second-order valence-electron chi connectivity index (χ2n) is 20.1. The smallest absolute Gasteiger partial charge is 0.254 e. The Labute approximate surface area is 438 Å². The molecule has 2 aliphatic heterocycles. The lowest BCUT2D eigenvalue weighted by Crippen LogP contribution is -2.59. The van der Waals surface area contributed by atoms with E-state index in [0.29, 0.717) is 48.4 Å². The third kappa shape index (κ3) is 14.4. The number of likely N-dealkylation sites (N-methyl/N-ethyl adjacent to an activating group) is 2. The van der Waals surface area contributed by atoms with E-state index in [1.165, 1.54) is 38.9 Å². The van der Waals surface area contributed by atoms with Crippen molar-refractivity contribution in [2.45, 2.75) is 110 Å². The number of amides is 5. The molecule has 2 aromatic carbocycles. The first-order chi connectivity index (χ1) is 35.7. The Hall–Kier alpha value is -6.99. The van der Waals surface area contributed by atoms with Crippen LogP contribution < -0.4 is 31.7 Å². The number of benzene rings is 2. The highest BCUT2D eigenvalue weighted by Gasteiger charge is 2.45. The fourth-order valence-electron chi connectivity index (χ4n) is 9.15. The van der Waals surface area contributed by atoms with Crippen LogP contribution in [0.2, 0.25) is 0 Å². The maximum Gasteiger partial charge on any atom is 0.254 e. The van der Waals surface area contributed by atoms with E-state index < -0.39 is 41.4 Å². The summed E-state index contributed by atoms with van der Waals surface area (Å²) in [5.74, 6) is -1.75. The van der Waals surface area contributed by atoms with Crippen LogP contribution >= 0.6 is 0 Å². The molecule has 6 rings (SSSR count). The molecule has 0 saturated carbocycles. The lowest BCUT2D eigenvalue weighted by molar-refractivity contribution is -0.144. The number of nitrogens with one attached hydrogen (secondary N) is 4. The standard InChI is InChI=1S/C54H73FN12O8/c1-10-41(35-14-12-11-13-15-35)61-51(70)43-28-38(31-66(43)53(72)48(54(4,5)6)62-50(69)33(2)58-7)59-19-23-74-25-24-73-22-18-46(68)64(8)20-21-67-44(29-56)47-36-26-45(49(57)60-30-36)75-34(3)40-27-37(55)16-17-39(40)52(71)65(9)32-42(47)63-67/h11-17,26-27,30,33-34,38,41,43,48,58-59H,10,18-25,28,31-32H2,1-9H3,(H2,57,60)(H,61,70)(H,62,69)/t33-,34+,38-,41+,43-,48+/m0/s1. The maximum atomic E-state index is 14.4. The quantitative estimate of drug-likeness (QED) is 0.0738. The number of aromatic nitrogens is 3. The first-order valence-electron chi connectivity index (χ1n) is 25.5. The van der Waals surface area contributed by atoms with Crippen molar-refractivity contribution < 1.29 is 42.6 Å². The molecule has 21 heteroatoms. The van der Waals surface area contributed by atoms with Crippen LogP contribution in [-0.2, 0) is 41.7 Å². The van der Waals surface area contributed by atoms with E-state index in [4.69, 9.17) is 25.0 Å². The van der Waals surface area contributed by atoms with E-state index in [-0.39, 0.29) is 111 Å². The van der Waals surface area contributed by atoms with Gasteiger partial charge in [0, 0.05) is 68.2 Å². The number of carbonyl (C=O) groups excluding carboxylic acids is 5. The van der Waals surface area contributed by atoms with Crippen LogP contribution in [0.5, 0.6) is 5.75 Å². The SMILES string of the molecule is CC[C@@H](NC(=O)[C@@H]1C[C@H](NCCOCCOCCC(=O)N(C)CCn2nc3c(c2C#N)-c2cnc(N)c(c2)O[C@H](C)c2cc(F)ccc2C(=O)N(C)C3)CN1C(=O)[C@@H](NC(=O)[C@H](C)NC)C(C)(C)C)c1ccccc1. The number of fused-ring (bicyclic) bond motifs is 5. The van der Waals surface area contributed by atoms with Crippen LogP contribution in [0.3, 0.4) is 0 Å². The van der Waals surface area contributed by atoms with Crippen molar-refractivity contribution in [1.29, 1.82) is 5.26 Å². The molecule has 1 saturated heterocycles. The minimum absolute atomic E-state index is 0.00374. The van der Waals surface area contributed by atoms with Crippen LogP contribution in [0, 0.1) is 22.6 Å². The third-order valence-electron chi connectivity index (χ3n) is 13.6. The van der Waals surface area contributed by atoms with Gasteiger partial charge in [0.15, 0.2) is 11.6 Å². The van der Waals surface area contributed by atoms with Crippen molar-refractivity contribution in [3.63, 3.8) is 0 Å². The number of nitriles is 1. The number of hydrogen-bond acceptors (Lipinski definition) is 14. The van der Waals surface area contributed by atoms with Gasteiger partial charge in [-0.25, -0.2) is 9.37 Å². The predicted molar refractivity (Wildman–Crippen MR) is 279 cm³/mol. The number of halogens is 1. The molecule has 2 aromatic heterocycles. The molecule has 0 spiro atoms. The molecule has 1 fully saturated rings. The fraction of sp³-hybridized carbons (Fsp3) is 0.519. The molecule has 6 N–H and O–H groups in total. The van der Waals surface area contributed by atoms with Gasteiger partial charge in [-0.1, -0.05) is 58.0 Å². The topological polar surface area (TPSA) is 251 Å². The van der Waals surface area contributed by atoms with Crippen LogP contribution in [-0.4, -0.2) is 150 Å². The normalized spacial score (nSPS) is 17.8. The summed E-state index contributed by atoms with van der Waals surface area (Å²) in [4.78, 5) is 77.3. The van der Waals surface area contributed by atoms with Crippen LogP contribution in [0.4, 0.5) is 10.2 Å². The molecule has 20 nitrogen and oxygen atoms in total. The zero-order chi connectivity index (χ0) is 54.6. The van der Waals surface area contributed by atoms with Crippen molar-refractivity contribution >= 4 is 35.4 Å². The van der Waals surface area contributed by atoms with E-state index in [1.807, 2.05) is 58.0 Å². The molecule has 2 bridgehead atoms. The lowest BCUT2D eigenvalue weighted by atomic mass is 9.85. The van der Waals surface area contributed by atoms with Crippen molar-refractivity contribution in [1.82, 2.24) is 50.7 Å². The van der Waals surface area contributed by atoms with E-state index >= 15 is 0 Å². The predicted octanol–water partition coefficient (Wildman–Crippen LogP) is 4.11. The Balaban J connectivity index is 0.985. The van der Waals surface area contributed by atoms with Crippen LogP contribution in [0.1, 0.15) is 106 Å². The Morgan fingerprint density at radius 3 is 2.45 bits per heavy atom. The van der Waals surface area contributed by atoms with Gasteiger partial charge in [0.2, 0.25) is 23.6 Å². The largest absolute Gasteiger partial charge is 0.482 e. The Morgan fingerprint density at radius 1 is 1.05 bits per heavy atom. The van der Waals surface area contributed by atoms with E-state index in [2.05, 4.69) is 32.3 Å². The monoisotopic (exact) mass is 1040 g/mol. The highest BCUT2D eigenvalue weighted by Crippen LogP contribution is 2.36. The molecule has 0 aliphatic carbocycles. The molecule has 0 unspecified atom stereocenters. The number of hydrogen-bond donors (Lipinski definition) is 5. The number of nitrogen functional groups attached to an aromatic ring is 1. The summed E-state index contributed by atoms with van der Waals surface area (Å²) < 4.78 is 33.7. The molecule has 4 aromatic rings. The molecule has 5 amide bonds. The highest BCUT2D eigenvalue weighted by atomic mass is 19.1. The van der Waals surface area contributed by atoms with Gasteiger partial charge < -0.3 is 55.9 Å². The zero-order valence-corrected chi connectivity index (χ0v) is 44.6. The summed E-state index contributed by atoms with van der Waals surface area (Å²) in [6.07, 6.45) is 1.85. The number of nitrogens with zero attached hydrogens (tertiary/aromatic N) is 7. The minimum Gasteiger partial charge on any atom is -0.482 e. The molecule has 404 valence electrons. The number of rotatable bonds is 21. The van der Waals surface area contributed by atoms with Gasteiger partial charge in [-0.3, -0.25) is 28.7 Å². The summed E-state index contributed by atoms with van der Waals surface area (Å²) in [5.41, 5.74) is 8.61. The Kier molecular flexibility index (Phi) is 19.8. The molecule has 4 heterocycles. The van der Waals surface area contributed by atoms with E-state index in [1.54, 1.807) is 46.0 Å². The summed E-state index contributed by atoms with van der Waals surface area (Å²) in [6.45, 7) is 13.1. The minimum atomic E-state index is -0.877. The first-order valence-corrected chi connectivity index (χ1v) is 25.5. The van der Waals surface area contributed by atoms with E-state index in [9.17, 15) is 33.6 Å². The summed E-state index contributed by atoms with van der Waals surface area (Å²) in [7, 11) is 4.92. The van der Waals surface area contributed by atoms with Crippen molar-refractivity contribution in [2.75, 3.05) is 72.9 Å². The van der Waals surface area contributed by atoms with Gasteiger partial charge in [0.1, 0.15) is 35.8 Å². The zero-order valence-electron chi connectivity index (χ0n) is 44.6. The van der Waals surface area contributed by atoms with Crippen molar-refractivity contribution in [3.8, 4) is 22.9 Å². The van der Waals surface area contributed by atoms with Gasteiger partial charge in [-0.2, -0.15) is 10.4 Å². The summed E-state index contributed by atoms with van der Waals surface area (Å²) in [6, 6.07) is 14.8. The number of anilines is 1. The average molecular weight is 1040 g/mol. The first kappa shape index (κ1) is 57.3. The summed E-state index contributed by atoms with van der Waals surface area (Å²) >= 11 is 0. The highest BCUT2D eigenvalue weighted by molar-refractivity contribution is 5.96. The van der Waals surface area contributed by atoms with Gasteiger partial charge in [-0.15, -0.1) is 0 Å².